The van der Waals surface area contributed by atoms with Crippen molar-refractivity contribution in [3.05, 3.63) is 28.0 Å². The van der Waals surface area contributed by atoms with E-state index in [1.807, 2.05) is 0 Å². The lowest BCUT2D eigenvalue weighted by Gasteiger charge is -2.41. The quantitative estimate of drug-likeness (QED) is 0.809. The van der Waals surface area contributed by atoms with Crippen LogP contribution in [0.5, 0.6) is 0 Å². The van der Waals surface area contributed by atoms with Gasteiger partial charge in [-0.1, -0.05) is 23.2 Å². The van der Waals surface area contributed by atoms with Gasteiger partial charge in [-0.05, 0) is 32.9 Å². The Bertz CT molecular complexity index is 581. The van der Waals surface area contributed by atoms with Crippen molar-refractivity contribution in [2.24, 2.45) is 0 Å². The van der Waals surface area contributed by atoms with E-state index in [0.29, 0.717) is 5.69 Å². The molecule has 108 valence electrons. The van der Waals surface area contributed by atoms with Crippen molar-refractivity contribution in [1.29, 1.82) is 0 Å². The van der Waals surface area contributed by atoms with Crippen LogP contribution in [0.4, 0.5) is 10.1 Å². The highest BCUT2D eigenvalue weighted by molar-refractivity contribution is 6.35. The third-order valence-corrected chi connectivity index (χ3v) is 3.75. The van der Waals surface area contributed by atoms with E-state index in [4.69, 9.17) is 23.2 Å². The molecule has 2 rings (SSSR count). The molecule has 0 aromatic heterocycles. The number of amides is 2. The summed E-state index contributed by atoms with van der Waals surface area (Å²) >= 11 is 11.5. The van der Waals surface area contributed by atoms with Gasteiger partial charge in [0, 0.05) is 5.69 Å². The Morgan fingerprint density at radius 1 is 1.25 bits per heavy atom. The molecule has 0 spiro atoms. The maximum absolute atomic E-state index is 13.5. The molecule has 2 amide bonds. The smallest absolute Gasteiger partial charge is 0.252 e. The minimum Gasteiger partial charge on any atom is -0.340 e. The van der Waals surface area contributed by atoms with Crippen LogP contribution in [0.25, 0.3) is 0 Å². The van der Waals surface area contributed by atoms with Gasteiger partial charge in [-0.25, -0.2) is 4.39 Å². The molecular weight excluding hydrogens is 306 g/mol. The highest BCUT2D eigenvalue weighted by Crippen LogP contribution is 2.32. The molecule has 7 heteroatoms. The van der Waals surface area contributed by atoms with Gasteiger partial charge in [-0.15, -0.1) is 0 Å². The molecule has 1 fully saturated rings. The number of nitrogens with one attached hydrogen (secondary N) is 1. The zero-order valence-electron chi connectivity index (χ0n) is 11.1. The van der Waals surface area contributed by atoms with E-state index in [2.05, 4.69) is 5.32 Å². The summed E-state index contributed by atoms with van der Waals surface area (Å²) in [7, 11) is 0. The predicted octanol–water partition coefficient (Wildman–Crippen LogP) is 2.76. The molecule has 1 unspecified atom stereocenters. The molecule has 1 atom stereocenters. The summed E-state index contributed by atoms with van der Waals surface area (Å²) in [4.78, 5) is 25.6. The number of carbonyl (C=O) groups excluding carboxylic acids is 2. The number of hydrogen-bond acceptors (Lipinski definition) is 2. The normalized spacial score (nSPS) is 21.9. The number of rotatable bonds is 1. The first-order valence-electron chi connectivity index (χ1n) is 5.95. The lowest BCUT2D eigenvalue weighted by atomic mass is 9.96. The fourth-order valence-electron chi connectivity index (χ4n) is 2.08. The topological polar surface area (TPSA) is 49.4 Å². The van der Waals surface area contributed by atoms with E-state index < -0.39 is 17.4 Å². The van der Waals surface area contributed by atoms with Crippen LogP contribution in [-0.2, 0) is 9.59 Å². The highest BCUT2D eigenvalue weighted by Gasteiger charge is 2.44. The SMILES string of the molecule is CC1C(=O)NC(C)(C)C(=O)N1c1cc(Cl)c(F)c(Cl)c1. The summed E-state index contributed by atoms with van der Waals surface area (Å²) in [6, 6.07) is 1.84. The Morgan fingerprint density at radius 3 is 2.25 bits per heavy atom. The maximum atomic E-state index is 13.5. The lowest BCUT2D eigenvalue weighted by molar-refractivity contribution is -0.136. The Morgan fingerprint density at radius 2 is 1.75 bits per heavy atom. The molecule has 0 bridgehead atoms. The second-order valence-corrected chi connectivity index (χ2v) is 6.00. The predicted molar refractivity (Wildman–Crippen MR) is 75.6 cm³/mol. The second-order valence-electron chi connectivity index (χ2n) is 5.19. The zero-order valence-corrected chi connectivity index (χ0v) is 12.6. The largest absolute Gasteiger partial charge is 0.340 e. The molecular formula is C13H13Cl2FN2O2. The van der Waals surface area contributed by atoms with Crippen LogP contribution >= 0.6 is 23.2 Å². The van der Waals surface area contributed by atoms with Gasteiger partial charge >= 0.3 is 0 Å². The Hall–Kier alpha value is -1.33. The van der Waals surface area contributed by atoms with E-state index in [0.717, 1.165) is 0 Å². The summed E-state index contributed by atoms with van der Waals surface area (Å²) in [5.41, 5.74) is -0.751. The molecule has 0 radical (unpaired) electrons. The van der Waals surface area contributed by atoms with Crippen molar-refractivity contribution in [2.45, 2.75) is 32.4 Å². The number of carbonyl (C=O) groups is 2. The number of anilines is 1. The average Bonchev–Trinajstić information content (AvgIpc) is 2.33. The molecule has 0 saturated carbocycles. The fraction of sp³-hybridized carbons (Fsp3) is 0.385. The molecule has 1 aromatic carbocycles. The average molecular weight is 319 g/mol. The minimum absolute atomic E-state index is 0.198. The standard InChI is InChI=1S/C13H13Cl2FN2O2/c1-6-11(19)17-13(2,3)12(20)18(6)7-4-8(14)10(16)9(15)5-7/h4-6H,1-3H3,(H,17,19). The first-order valence-corrected chi connectivity index (χ1v) is 6.71. The van der Waals surface area contributed by atoms with E-state index >= 15 is 0 Å². The van der Waals surface area contributed by atoms with Crippen molar-refractivity contribution < 1.29 is 14.0 Å². The van der Waals surface area contributed by atoms with Gasteiger partial charge in [-0.2, -0.15) is 0 Å². The monoisotopic (exact) mass is 318 g/mol. The van der Waals surface area contributed by atoms with E-state index in [1.165, 1.54) is 17.0 Å². The van der Waals surface area contributed by atoms with Crippen molar-refractivity contribution in [1.82, 2.24) is 5.32 Å². The van der Waals surface area contributed by atoms with Gasteiger partial charge in [0.2, 0.25) is 5.91 Å². The summed E-state index contributed by atoms with van der Waals surface area (Å²) in [5.74, 6) is -1.37. The first-order chi connectivity index (χ1) is 9.15. The Kier molecular flexibility index (Phi) is 3.69. The van der Waals surface area contributed by atoms with Crippen LogP contribution in [0.3, 0.4) is 0 Å². The second kappa shape index (κ2) is 4.90. The van der Waals surface area contributed by atoms with Crippen molar-refractivity contribution in [3.63, 3.8) is 0 Å². The van der Waals surface area contributed by atoms with Gasteiger partial charge in [0.25, 0.3) is 5.91 Å². The van der Waals surface area contributed by atoms with Gasteiger partial charge in [-0.3, -0.25) is 14.5 Å². The number of benzene rings is 1. The number of nitrogens with zero attached hydrogens (tertiary/aromatic N) is 1. The van der Waals surface area contributed by atoms with Crippen LogP contribution in [-0.4, -0.2) is 23.4 Å². The Labute approximate surface area is 125 Å². The summed E-state index contributed by atoms with van der Waals surface area (Å²) < 4.78 is 13.5. The Balaban J connectivity index is 2.54. The summed E-state index contributed by atoms with van der Waals surface area (Å²) in [5, 5.41) is 2.23. The van der Waals surface area contributed by atoms with E-state index in [-0.39, 0.29) is 21.9 Å². The highest BCUT2D eigenvalue weighted by atomic mass is 35.5. The van der Waals surface area contributed by atoms with Crippen molar-refractivity contribution in [3.8, 4) is 0 Å². The van der Waals surface area contributed by atoms with E-state index in [9.17, 15) is 14.0 Å². The van der Waals surface area contributed by atoms with Gasteiger partial charge in [0.15, 0.2) is 5.82 Å². The number of hydrogen-bond donors (Lipinski definition) is 1. The summed E-state index contributed by atoms with van der Waals surface area (Å²) in [6.45, 7) is 4.77. The molecule has 20 heavy (non-hydrogen) atoms. The van der Waals surface area contributed by atoms with Crippen LogP contribution in [0, 0.1) is 5.82 Å². The minimum atomic E-state index is -1.04. The molecule has 1 aliphatic rings. The zero-order chi connectivity index (χ0) is 15.2. The molecule has 1 aliphatic heterocycles. The van der Waals surface area contributed by atoms with Gasteiger partial charge < -0.3 is 5.32 Å². The third kappa shape index (κ3) is 2.36. The van der Waals surface area contributed by atoms with Gasteiger partial charge in [0.1, 0.15) is 11.6 Å². The van der Waals surface area contributed by atoms with Crippen LogP contribution in [0.2, 0.25) is 10.0 Å². The fourth-order valence-corrected chi connectivity index (χ4v) is 2.56. The number of piperazine rings is 1. The molecule has 1 saturated heterocycles. The molecule has 1 N–H and O–H groups in total. The van der Waals surface area contributed by atoms with Crippen LogP contribution in [0.15, 0.2) is 12.1 Å². The lowest BCUT2D eigenvalue weighted by Crippen LogP contribution is -2.67. The van der Waals surface area contributed by atoms with Crippen molar-refractivity contribution >= 4 is 40.7 Å². The first kappa shape index (κ1) is 15.1. The molecule has 1 heterocycles. The molecule has 0 aliphatic carbocycles. The summed E-state index contributed by atoms with van der Waals surface area (Å²) in [6.07, 6.45) is 0. The third-order valence-electron chi connectivity index (χ3n) is 3.20. The maximum Gasteiger partial charge on any atom is 0.252 e. The van der Waals surface area contributed by atoms with Crippen molar-refractivity contribution in [2.75, 3.05) is 4.90 Å². The van der Waals surface area contributed by atoms with Gasteiger partial charge in [0.05, 0.1) is 10.0 Å². The molecule has 4 nitrogen and oxygen atoms in total. The van der Waals surface area contributed by atoms with Crippen LogP contribution < -0.4 is 10.2 Å². The molecule has 1 aromatic rings. The number of halogens is 3. The van der Waals surface area contributed by atoms with Crippen LogP contribution in [0.1, 0.15) is 20.8 Å². The van der Waals surface area contributed by atoms with E-state index in [1.54, 1.807) is 20.8 Å².